The lowest BCUT2D eigenvalue weighted by Crippen LogP contribution is -2.29. The van der Waals surface area contributed by atoms with Crippen LogP contribution in [-0.2, 0) is 25.0 Å². The Hall–Kier alpha value is -4.11. The fraction of sp³-hybridized carbons (Fsp3) is 0.346. The van der Waals surface area contributed by atoms with E-state index in [1.54, 1.807) is 17.9 Å². The van der Waals surface area contributed by atoms with E-state index in [4.69, 9.17) is 10.00 Å². The zero-order valence-corrected chi connectivity index (χ0v) is 20.6. The number of alkyl halides is 3. The molecule has 1 aromatic carbocycles. The second-order valence-corrected chi connectivity index (χ2v) is 9.45. The van der Waals surface area contributed by atoms with E-state index < -0.39 is 23.4 Å². The first kappa shape index (κ1) is 25.5. The summed E-state index contributed by atoms with van der Waals surface area (Å²) in [6, 6.07) is 6.83. The predicted octanol–water partition coefficient (Wildman–Crippen LogP) is 4.78. The van der Waals surface area contributed by atoms with Crippen molar-refractivity contribution in [1.82, 2.24) is 24.3 Å². The van der Waals surface area contributed by atoms with Gasteiger partial charge in [-0.15, -0.1) is 0 Å². The van der Waals surface area contributed by atoms with Gasteiger partial charge in [0, 0.05) is 43.0 Å². The number of fused-ring (bicyclic) bond motifs is 1. The minimum atomic E-state index is -4.92. The largest absolute Gasteiger partial charge is 0.449 e. The molecule has 4 aromatic rings. The molecule has 1 fully saturated rings. The average Bonchev–Trinajstić information content (AvgIpc) is 3.31. The van der Waals surface area contributed by atoms with Gasteiger partial charge in [-0.3, -0.25) is 19.0 Å². The van der Waals surface area contributed by atoms with E-state index in [0.717, 1.165) is 18.7 Å². The fourth-order valence-electron chi connectivity index (χ4n) is 4.93. The Kier molecular flexibility index (Phi) is 6.27. The molecule has 1 aliphatic heterocycles. The van der Waals surface area contributed by atoms with Crippen molar-refractivity contribution in [2.24, 2.45) is 14.1 Å². The molecule has 12 heteroatoms. The van der Waals surface area contributed by atoms with E-state index in [0.29, 0.717) is 23.1 Å². The van der Waals surface area contributed by atoms with Crippen LogP contribution in [0.15, 0.2) is 41.5 Å². The average molecular weight is 526 g/mol. The van der Waals surface area contributed by atoms with Gasteiger partial charge in [0.2, 0.25) is 5.82 Å². The van der Waals surface area contributed by atoms with Gasteiger partial charge in [-0.25, -0.2) is 9.37 Å². The van der Waals surface area contributed by atoms with E-state index >= 15 is 4.39 Å². The summed E-state index contributed by atoms with van der Waals surface area (Å²) in [5.74, 6) is -2.53. The van der Waals surface area contributed by atoms with Gasteiger partial charge in [0.05, 0.1) is 41.1 Å². The normalized spacial score (nSPS) is 20.0. The smallest absolute Gasteiger partial charge is 0.370 e. The number of halogens is 4. The molecule has 4 heterocycles. The lowest BCUT2D eigenvalue weighted by molar-refractivity contribution is -0.147. The summed E-state index contributed by atoms with van der Waals surface area (Å²) in [6.07, 6.45) is -0.906. The maximum absolute atomic E-state index is 15.1. The van der Waals surface area contributed by atoms with E-state index in [9.17, 15) is 18.0 Å². The van der Waals surface area contributed by atoms with Crippen LogP contribution in [-0.4, -0.2) is 30.4 Å². The number of benzene rings is 1. The van der Waals surface area contributed by atoms with E-state index in [1.165, 1.54) is 18.2 Å². The first-order valence-electron chi connectivity index (χ1n) is 11.8. The zero-order valence-electron chi connectivity index (χ0n) is 20.6. The minimum absolute atomic E-state index is 0.0316. The molecule has 3 aromatic heterocycles. The molecule has 0 spiro atoms. The number of pyridine rings is 1. The van der Waals surface area contributed by atoms with Crippen LogP contribution in [0.25, 0.3) is 22.2 Å². The lowest BCUT2D eigenvalue weighted by atomic mass is 9.86. The van der Waals surface area contributed by atoms with Crippen LogP contribution < -0.4 is 5.56 Å². The maximum Gasteiger partial charge on any atom is 0.449 e. The molecular formula is C26H22F4N6O2. The van der Waals surface area contributed by atoms with E-state index in [2.05, 4.69) is 15.1 Å². The Morgan fingerprint density at radius 1 is 1.16 bits per heavy atom. The Bertz CT molecular complexity index is 1650. The van der Waals surface area contributed by atoms with E-state index in [1.807, 2.05) is 19.2 Å². The van der Waals surface area contributed by atoms with Gasteiger partial charge in [0.15, 0.2) is 0 Å². The van der Waals surface area contributed by atoms with Gasteiger partial charge in [-0.1, -0.05) is 0 Å². The van der Waals surface area contributed by atoms with Crippen molar-refractivity contribution in [3.63, 3.8) is 0 Å². The van der Waals surface area contributed by atoms with Gasteiger partial charge in [-0.05, 0) is 44.0 Å². The summed E-state index contributed by atoms with van der Waals surface area (Å²) in [4.78, 5) is 21.5. The first-order chi connectivity index (χ1) is 18.0. The monoisotopic (exact) mass is 526 g/mol. The van der Waals surface area contributed by atoms with Crippen molar-refractivity contribution >= 4 is 10.9 Å². The van der Waals surface area contributed by atoms with Crippen LogP contribution in [0.1, 0.15) is 54.4 Å². The Labute approximate surface area is 214 Å². The quantitative estimate of drug-likeness (QED) is 0.356. The van der Waals surface area contributed by atoms with Crippen LogP contribution in [0.2, 0.25) is 0 Å². The van der Waals surface area contributed by atoms with Crippen LogP contribution in [0.4, 0.5) is 17.6 Å². The predicted molar refractivity (Wildman–Crippen MR) is 128 cm³/mol. The Balaban J connectivity index is 1.73. The molecule has 0 radical (unpaired) electrons. The van der Waals surface area contributed by atoms with Crippen molar-refractivity contribution in [3.8, 4) is 17.3 Å². The standard InChI is InChI=1S/C26H22F4N6O2/c1-13-6-15(8-21(38-13)16-11-32-35(2)12-16)20-9-18-23(34-25(26(28,29)30)36(3)24(18)37)22(33-20)17-5-4-14(10-31)7-19(17)27/h4-5,7,9,11-13,15,21H,6,8H2,1-3H3/t13-,15+,21+/m1/s1. The third-order valence-electron chi connectivity index (χ3n) is 6.72. The van der Waals surface area contributed by atoms with E-state index in [-0.39, 0.29) is 45.8 Å². The van der Waals surface area contributed by atoms with Crippen molar-refractivity contribution in [1.29, 1.82) is 5.26 Å². The highest BCUT2D eigenvalue weighted by atomic mass is 19.4. The van der Waals surface area contributed by atoms with Gasteiger partial charge in [0.25, 0.3) is 5.56 Å². The zero-order chi connectivity index (χ0) is 27.4. The van der Waals surface area contributed by atoms with Gasteiger partial charge < -0.3 is 4.74 Å². The molecule has 0 unspecified atom stereocenters. The molecule has 1 aliphatic rings. The molecule has 38 heavy (non-hydrogen) atoms. The second-order valence-electron chi connectivity index (χ2n) is 9.45. The molecular weight excluding hydrogens is 504 g/mol. The molecule has 0 saturated carbocycles. The maximum atomic E-state index is 15.1. The summed E-state index contributed by atoms with van der Waals surface area (Å²) >= 11 is 0. The van der Waals surface area contributed by atoms with Gasteiger partial charge >= 0.3 is 6.18 Å². The molecule has 0 aliphatic carbocycles. The summed E-state index contributed by atoms with van der Waals surface area (Å²) in [5, 5.41) is 13.2. The lowest BCUT2D eigenvalue weighted by Gasteiger charge is -2.33. The third kappa shape index (κ3) is 4.54. The van der Waals surface area contributed by atoms with Crippen molar-refractivity contribution < 1.29 is 22.3 Å². The van der Waals surface area contributed by atoms with Crippen LogP contribution in [0.5, 0.6) is 0 Å². The van der Waals surface area contributed by atoms with Crippen molar-refractivity contribution in [3.05, 3.63) is 75.5 Å². The van der Waals surface area contributed by atoms with Crippen molar-refractivity contribution in [2.75, 3.05) is 0 Å². The molecule has 0 N–H and O–H groups in total. The molecule has 5 rings (SSSR count). The molecule has 0 bridgehead atoms. The number of aryl methyl sites for hydroxylation is 1. The number of aromatic nitrogens is 5. The summed E-state index contributed by atoms with van der Waals surface area (Å²) in [5.41, 5.74) is -0.339. The number of ether oxygens (including phenoxy) is 1. The fourth-order valence-corrected chi connectivity index (χ4v) is 4.93. The minimum Gasteiger partial charge on any atom is -0.370 e. The van der Waals surface area contributed by atoms with Crippen molar-refractivity contribution in [2.45, 2.75) is 44.1 Å². The number of nitriles is 1. The molecule has 0 amide bonds. The van der Waals surface area contributed by atoms with Crippen LogP contribution in [0, 0.1) is 17.1 Å². The summed E-state index contributed by atoms with van der Waals surface area (Å²) in [6.45, 7) is 1.90. The SMILES string of the molecule is C[C@@H]1C[C@H](c2cc3c(=O)n(C)c(C(F)(F)F)nc3c(-c3ccc(C#N)cc3F)n2)C[C@@H](c2cnn(C)c2)O1. The number of hydrogen-bond donors (Lipinski definition) is 0. The van der Waals surface area contributed by atoms with Crippen LogP contribution in [0.3, 0.4) is 0 Å². The molecule has 196 valence electrons. The second kappa shape index (κ2) is 9.33. The Morgan fingerprint density at radius 3 is 2.55 bits per heavy atom. The number of nitrogens with zero attached hydrogens (tertiary/aromatic N) is 6. The van der Waals surface area contributed by atoms with Crippen LogP contribution >= 0.6 is 0 Å². The topological polar surface area (TPSA) is 98.6 Å². The highest BCUT2D eigenvalue weighted by Gasteiger charge is 2.38. The molecule has 1 saturated heterocycles. The highest BCUT2D eigenvalue weighted by Crippen LogP contribution is 2.41. The van der Waals surface area contributed by atoms with Gasteiger partial charge in [-0.2, -0.15) is 23.5 Å². The summed E-state index contributed by atoms with van der Waals surface area (Å²) in [7, 11) is 2.78. The third-order valence-corrected chi connectivity index (χ3v) is 6.72. The number of rotatable bonds is 3. The number of hydrogen-bond acceptors (Lipinski definition) is 6. The molecule has 3 atom stereocenters. The highest BCUT2D eigenvalue weighted by molar-refractivity contribution is 5.91. The molecule has 8 nitrogen and oxygen atoms in total. The first-order valence-corrected chi connectivity index (χ1v) is 11.8. The Morgan fingerprint density at radius 2 is 1.92 bits per heavy atom. The van der Waals surface area contributed by atoms with Gasteiger partial charge in [0.1, 0.15) is 11.3 Å². The summed E-state index contributed by atoms with van der Waals surface area (Å²) < 4.78 is 64.5.